The van der Waals surface area contributed by atoms with Crippen molar-refractivity contribution < 1.29 is 19.0 Å². The first-order chi connectivity index (χ1) is 20.6. The van der Waals surface area contributed by atoms with E-state index in [9.17, 15) is 5.11 Å². The number of hydrogen-bond donors (Lipinski definition) is 1. The largest absolute Gasteiger partial charge is 0.534 e. The highest BCUT2D eigenvalue weighted by Gasteiger charge is 2.69. The van der Waals surface area contributed by atoms with Gasteiger partial charge in [0.05, 0.1) is 18.8 Å². The van der Waals surface area contributed by atoms with E-state index in [4.69, 9.17) is 13.9 Å². The monoisotopic (exact) mass is 594 g/mol. The van der Waals surface area contributed by atoms with E-state index in [0.29, 0.717) is 31.5 Å². The van der Waals surface area contributed by atoms with Gasteiger partial charge in [-0.05, 0) is 76.2 Å². The summed E-state index contributed by atoms with van der Waals surface area (Å²) < 4.78 is 20.1. The van der Waals surface area contributed by atoms with Crippen molar-refractivity contribution in [3.8, 4) is 5.75 Å². The molecule has 0 amide bonds. The minimum Gasteiger partial charge on any atom is -0.534 e. The SMILES string of the molecule is C=C[C@]1(O)CC2(C)C(CCC23OCCO3)C2CCc3cc(O[Si](c4ccccc4)(c4ccccc4)C(C)(C)C)ccc3C21. The van der Waals surface area contributed by atoms with E-state index in [0.717, 1.165) is 31.4 Å². The minimum atomic E-state index is -2.74. The lowest BCUT2D eigenvalue weighted by Crippen LogP contribution is -2.68. The molecule has 0 bridgehead atoms. The Balaban J connectivity index is 1.29. The molecule has 3 aliphatic carbocycles. The number of benzene rings is 3. The smallest absolute Gasteiger partial charge is 0.319 e. The molecule has 1 saturated heterocycles. The van der Waals surface area contributed by atoms with Gasteiger partial charge in [0.2, 0.25) is 0 Å². The molecule has 3 aromatic carbocycles. The average molecular weight is 595 g/mol. The van der Waals surface area contributed by atoms with E-state index >= 15 is 0 Å². The van der Waals surface area contributed by atoms with Crippen LogP contribution in [0.3, 0.4) is 0 Å². The predicted octanol–water partition coefficient (Wildman–Crippen LogP) is 6.75. The average Bonchev–Trinajstić information content (AvgIpc) is 3.60. The van der Waals surface area contributed by atoms with E-state index in [1.165, 1.54) is 21.5 Å². The number of rotatable bonds is 5. The first-order valence-electron chi connectivity index (χ1n) is 16.1. The molecule has 5 heteroatoms. The highest BCUT2D eigenvalue weighted by molar-refractivity contribution is 7.00. The van der Waals surface area contributed by atoms with Gasteiger partial charge in [-0.1, -0.05) is 101 Å². The van der Waals surface area contributed by atoms with Crippen LogP contribution in [0, 0.1) is 17.3 Å². The van der Waals surface area contributed by atoms with Crippen molar-refractivity contribution in [3.63, 3.8) is 0 Å². The Labute approximate surface area is 258 Å². The van der Waals surface area contributed by atoms with E-state index in [2.05, 4.69) is 113 Å². The maximum absolute atomic E-state index is 12.4. The van der Waals surface area contributed by atoms with Crippen LogP contribution in [-0.2, 0) is 15.9 Å². The molecule has 4 unspecified atom stereocenters. The molecule has 4 aliphatic rings. The summed E-state index contributed by atoms with van der Waals surface area (Å²) in [6.07, 6.45) is 6.41. The van der Waals surface area contributed by atoms with Crippen molar-refractivity contribution in [2.45, 2.75) is 82.1 Å². The zero-order valence-electron chi connectivity index (χ0n) is 26.1. The molecular weight excluding hydrogens is 549 g/mol. The fourth-order valence-corrected chi connectivity index (χ4v) is 14.2. The van der Waals surface area contributed by atoms with Crippen molar-refractivity contribution in [2.75, 3.05) is 13.2 Å². The summed E-state index contributed by atoms with van der Waals surface area (Å²) in [4.78, 5) is 0. The normalized spacial score (nSPS) is 31.2. The van der Waals surface area contributed by atoms with Crippen LogP contribution in [0.15, 0.2) is 91.5 Å². The molecule has 1 N–H and O–H groups in total. The number of hydrogen-bond acceptors (Lipinski definition) is 4. The molecule has 3 aromatic rings. The van der Waals surface area contributed by atoms with Gasteiger partial charge in [0.25, 0.3) is 0 Å². The topological polar surface area (TPSA) is 47.9 Å². The van der Waals surface area contributed by atoms with Crippen LogP contribution in [0.5, 0.6) is 5.75 Å². The lowest BCUT2D eigenvalue weighted by Gasteiger charge is -2.58. The Kier molecular flexibility index (Phi) is 6.86. The molecule has 3 fully saturated rings. The van der Waals surface area contributed by atoms with Crippen molar-refractivity contribution in [1.82, 2.24) is 0 Å². The fourth-order valence-electron chi connectivity index (χ4n) is 9.80. The summed E-state index contributed by atoms with van der Waals surface area (Å²) in [5, 5.41) is 14.8. The third-order valence-corrected chi connectivity index (χ3v) is 16.5. The first kappa shape index (κ1) is 29.0. The molecule has 0 radical (unpaired) electrons. The summed E-state index contributed by atoms with van der Waals surface area (Å²) >= 11 is 0. The Morgan fingerprint density at radius 1 is 0.930 bits per heavy atom. The van der Waals surface area contributed by atoms with Crippen LogP contribution in [-0.4, -0.2) is 38.0 Å². The summed E-state index contributed by atoms with van der Waals surface area (Å²) in [7, 11) is -2.74. The molecule has 7 rings (SSSR count). The fraction of sp³-hybridized carbons (Fsp3) is 0.474. The Bertz CT molecular complexity index is 1450. The molecule has 1 heterocycles. The molecule has 1 spiro atoms. The number of ether oxygens (including phenoxy) is 2. The Hall–Kier alpha value is -2.70. The second-order valence-corrected chi connectivity index (χ2v) is 18.9. The Morgan fingerprint density at radius 3 is 2.14 bits per heavy atom. The zero-order valence-corrected chi connectivity index (χ0v) is 27.1. The van der Waals surface area contributed by atoms with Crippen LogP contribution in [0.1, 0.15) is 70.4 Å². The summed E-state index contributed by atoms with van der Waals surface area (Å²) in [5.41, 5.74) is 1.28. The molecule has 1 aliphatic heterocycles. The lowest BCUT2D eigenvalue weighted by atomic mass is 9.49. The summed E-state index contributed by atoms with van der Waals surface area (Å²) in [6, 6.07) is 28.3. The molecule has 4 nitrogen and oxygen atoms in total. The first-order valence-corrected chi connectivity index (χ1v) is 18.0. The minimum absolute atomic E-state index is 0.00490. The number of aryl methyl sites for hydroxylation is 1. The molecular formula is C38H46O4Si. The lowest BCUT2D eigenvalue weighted by molar-refractivity contribution is -0.254. The second kappa shape index (κ2) is 10.2. The molecule has 0 aromatic heterocycles. The number of aliphatic hydroxyl groups is 1. The highest BCUT2D eigenvalue weighted by atomic mass is 28.4. The van der Waals surface area contributed by atoms with E-state index in [1.54, 1.807) is 0 Å². The number of fused-ring (bicyclic) bond motifs is 6. The van der Waals surface area contributed by atoms with Crippen molar-refractivity contribution in [3.05, 3.63) is 103 Å². The summed E-state index contributed by atoms with van der Waals surface area (Å²) in [5.74, 6) is 1.14. The molecule has 226 valence electrons. The summed E-state index contributed by atoms with van der Waals surface area (Å²) in [6.45, 7) is 14.7. The maximum atomic E-state index is 12.4. The van der Waals surface area contributed by atoms with Crippen LogP contribution < -0.4 is 14.8 Å². The zero-order chi connectivity index (χ0) is 30.1. The van der Waals surface area contributed by atoms with Crippen LogP contribution in [0.25, 0.3) is 0 Å². The predicted molar refractivity (Wildman–Crippen MR) is 174 cm³/mol. The van der Waals surface area contributed by atoms with E-state index in [1.807, 2.05) is 6.08 Å². The van der Waals surface area contributed by atoms with Crippen molar-refractivity contribution in [1.29, 1.82) is 0 Å². The van der Waals surface area contributed by atoms with Crippen molar-refractivity contribution >= 4 is 18.7 Å². The van der Waals surface area contributed by atoms with Gasteiger partial charge in [0, 0.05) is 17.8 Å². The van der Waals surface area contributed by atoms with Crippen molar-refractivity contribution in [2.24, 2.45) is 17.3 Å². The van der Waals surface area contributed by atoms with Gasteiger partial charge >= 0.3 is 8.32 Å². The molecule has 43 heavy (non-hydrogen) atoms. The van der Waals surface area contributed by atoms with Gasteiger partial charge < -0.3 is 19.0 Å². The van der Waals surface area contributed by atoms with E-state index < -0.39 is 19.7 Å². The molecule has 5 atom stereocenters. The van der Waals surface area contributed by atoms with Gasteiger partial charge in [-0.3, -0.25) is 0 Å². The van der Waals surface area contributed by atoms with Crippen LogP contribution >= 0.6 is 0 Å². The highest BCUT2D eigenvalue weighted by Crippen LogP contribution is 2.68. The van der Waals surface area contributed by atoms with Gasteiger partial charge in [-0.2, -0.15) is 0 Å². The van der Waals surface area contributed by atoms with Gasteiger partial charge in [-0.15, -0.1) is 6.58 Å². The Morgan fingerprint density at radius 2 is 1.56 bits per heavy atom. The van der Waals surface area contributed by atoms with Crippen LogP contribution in [0.2, 0.25) is 5.04 Å². The maximum Gasteiger partial charge on any atom is 0.319 e. The third-order valence-electron chi connectivity index (χ3n) is 11.6. The standard InChI is InChI=1S/C38H46O4Si/c1-6-37(39)26-36(5)33(21-22-38(36)40-23-24-41-38)32-19-17-27-25-28(18-20-31(27)34(32)37)42-43(35(2,3)4,29-13-9-7-10-14-29)30-15-11-8-12-16-30/h6-16,18,20,25,32-34,39H,1,17,19,21-24,26H2,2-5H3/t32?,33?,34?,36?,37-/m0/s1. The van der Waals surface area contributed by atoms with Gasteiger partial charge in [0.1, 0.15) is 5.75 Å². The second-order valence-electron chi connectivity index (χ2n) is 14.7. The van der Waals surface area contributed by atoms with Gasteiger partial charge in [0.15, 0.2) is 5.79 Å². The quantitative estimate of drug-likeness (QED) is 0.262. The van der Waals surface area contributed by atoms with Gasteiger partial charge in [-0.25, -0.2) is 0 Å². The van der Waals surface area contributed by atoms with Crippen LogP contribution in [0.4, 0.5) is 0 Å². The molecule has 2 saturated carbocycles. The van der Waals surface area contributed by atoms with E-state index in [-0.39, 0.29) is 16.4 Å². The third kappa shape index (κ3) is 4.18.